The van der Waals surface area contributed by atoms with E-state index in [1.807, 2.05) is 65.7 Å². The number of aliphatic hydroxyl groups is 1. The lowest BCUT2D eigenvalue weighted by atomic mass is 9.85. The third kappa shape index (κ3) is 2.66. The second-order valence-corrected chi connectivity index (χ2v) is 6.75. The average molecular weight is 325 g/mol. The number of hydrogen-bond donors (Lipinski definition) is 1. The van der Waals surface area contributed by atoms with E-state index in [0.717, 1.165) is 17.7 Å². The van der Waals surface area contributed by atoms with Gasteiger partial charge in [-0.2, -0.15) is 5.06 Å². The van der Waals surface area contributed by atoms with Gasteiger partial charge >= 0.3 is 0 Å². The van der Waals surface area contributed by atoms with Crippen molar-refractivity contribution in [1.82, 2.24) is 5.06 Å². The van der Waals surface area contributed by atoms with E-state index in [9.17, 15) is 5.11 Å². The molecule has 2 aliphatic rings. The van der Waals surface area contributed by atoms with E-state index in [4.69, 9.17) is 9.57 Å². The maximum Gasteiger partial charge on any atom is 0.130 e. The summed E-state index contributed by atoms with van der Waals surface area (Å²) >= 11 is 0. The van der Waals surface area contributed by atoms with Crippen LogP contribution in [0.3, 0.4) is 0 Å². The van der Waals surface area contributed by atoms with Crippen molar-refractivity contribution < 1.29 is 14.7 Å². The zero-order valence-electron chi connectivity index (χ0n) is 13.8. The number of benzene rings is 2. The van der Waals surface area contributed by atoms with E-state index in [1.165, 1.54) is 0 Å². The van der Waals surface area contributed by atoms with Crippen molar-refractivity contribution in [2.24, 2.45) is 5.92 Å². The average Bonchev–Trinajstić information content (AvgIpc) is 3.20. The first-order valence-electron chi connectivity index (χ1n) is 8.53. The van der Waals surface area contributed by atoms with Crippen LogP contribution in [0.5, 0.6) is 0 Å². The zero-order valence-corrected chi connectivity index (χ0v) is 13.8. The van der Waals surface area contributed by atoms with Gasteiger partial charge in [0.2, 0.25) is 0 Å². The second-order valence-electron chi connectivity index (χ2n) is 6.75. The molecule has 2 aromatic carbocycles. The van der Waals surface area contributed by atoms with E-state index < -0.39 is 5.60 Å². The highest BCUT2D eigenvalue weighted by atomic mass is 16.7. The van der Waals surface area contributed by atoms with E-state index >= 15 is 0 Å². The molecule has 3 atom stereocenters. The Balaban J connectivity index is 1.69. The van der Waals surface area contributed by atoms with Gasteiger partial charge in [0.05, 0.1) is 31.9 Å². The molecule has 0 bridgehead atoms. The van der Waals surface area contributed by atoms with Gasteiger partial charge in [0, 0.05) is 5.92 Å². The van der Waals surface area contributed by atoms with Gasteiger partial charge in [0.1, 0.15) is 5.60 Å². The fraction of sp³-hybridized carbons (Fsp3) is 0.400. The third-order valence-electron chi connectivity index (χ3n) is 5.21. The van der Waals surface area contributed by atoms with Gasteiger partial charge in [-0.1, -0.05) is 60.7 Å². The Morgan fingerprint density at radius 2 is 1.58 bits per heavy atom. The first-order valence-corrected chi connectivity index (χ1v) is 8.53. The van der Waals surface area contributed by atoms with E-state index in [1.54, 1.807) is 0 Å². The van der Waals surface area contributed by atoms with Gasteiger partial charge in [0.25, 0.3) is 0 Å². The number of β-amino-alcohol motifs (C(OH)–C–C–N with tert-alkyl or cyclic N) is 1. The number of hydrogen-bond acceptors (Lipinski definition) is 4. The zero-order chi connectivity index (χ0) is 16.6. The summed E-state index contributed by atoms with van der Waals surface area (Å²) in [6.07, 6.45) is 0.119. The Hall–Kier alpha value is -1.72. The molecule has 0 spiro atoms. The molecule has 0 saturated carbocycles. The standard InChI is InChI=1S/C20H23NO3/c1-15-19-16(12-23-15)13-24-21(19)14-20(22,17-8-4-2-5-9-17)18-10-6-3-7-11-18/h2-11,15-16,19,22H,12-14H2,1H3/t15-,16-,19-/m0/s1. The summed E-state index contributed by atoms with van der Waals surface area (Å²) in [5, 5.41) is 13.6. The molecular weight excluding hydrogens is 302 g/mol. The van der Waals surface area contributed by atoms with Gasteiger partial charge in [-0.05, 0) is 18.1 Å². The fourth-order valence-electron chi connectivity index (χ4n) is 3.90. The molecule has 24 heavy (non-hydrogen) atoms. The van der Waals surface area contributed by atoms with Crippen LogP contribution in [0.2, 0.25) is 0 Å². The maximum absolute atomic E-state index is 11.7. The van der Waals surface area contributed by atoms with Crippen LogP contribution in [0.1, 0.15) is 18.1 Å². The summed E-state index contributed by atoms with van der Waals surface area (Å²) in [5.41, 5.74) is 0.615. The lowest BCUT2D eigenvalue weighted by Crippen LogP contribution is -2.46. The molecule has 0 unspecified atom stereocenters. The van der Waals surface area contributed by atoms with E-state index in [-0.39, 0.29) is 12.1 Å². The van der Waals surface area contributed by atoms with Gasteiger partial charge < -0.3 is 9.84 Å². The summed E-state index contributed by atoms with van der Waals surface area (Å²) in [7, 11) is 0. The van der Waals surface area contributed by atoms with Crippen molar-refractivity contribution >= 4 is 0 Å². The van der Waals surface area contributed by atoms with Crippen LogP contribution < -0.4 is 0 Å². The molecule has 2 heterocycles. The predicted molar refractivity (Wildman–Crippen MR) is 91.2 cm³/mol. The molecule has 0 radical (unpaired) electrons. The molecule has 2 fully saturated rings. The normalized spacial score (nSPS) is 27.3. The first-order chi connectivity index (χ1) is 11.7. The lowest BCUT2D eigenvalue weighted by molar-refractivity contribution is -0.178. The van der Waals surface area contributed by atoms with Crippen LogP contribution in [0.4, 0.5) is 0 Å². The number of rotatable bonds is 4. The molecule has 4 rings (SSSR count). The molecule has 4 heteroatoms. The van der Waals surface area contributed by atoms with Crippen LogP contribution in [0, 0.1) is 5.92 Å². The van der Waals surface area contributed by atoms with E-state index in [0.29, 0.717) is 19.1 Å². The van der Waals surface area contributed by atoms with Gasteiger partial charge in [-0.15, -0.1) is 0 Å². The summed E-state index contributed by atoms with van der Waals surface area (Å²) in [4.78, 5) is 5.92. The molecule has 0 aliphatic carbocycles. The van der Waals surface area contributed by atoms with Crippen LogP contribution in [-0.4, -0.2) is 42.1 Å². The molecule has 0 amide bonds. The Kier molecular flexibility index (Phi) is 4.14. The lowest BCUT2D eigenvalue weighted by Gasteiger charge is -2.35. The van der Waals surface area contributed by atoms with Gasteiger partial charge in [-0.25, -0.2) is 0 Å². The summed E-state index contributed by atoms with van der Waals surface area (Å²) in [6.45, 7) is 3.86. The summed E-state index contributed by atoms with van der Waals surface area (Å²) in [6, 6.07) is 19.8. The quantitative estimate of drug-likeness (QED) is 0.938. The van der Waals surface area contributed by atoms with Crippen LogP contribution >= 0.6 is 0 Å². The van der Waals surface area contributed by atoms with Crippen LogP contribution in [0.15, 0.2) is 60.7 Å². The van der Waals surface area contributed by atoms with Crippen molar-refractivity contribution in [3.05, 3.63) is 71.8 Å². The van der Waals surface area contributed by atoms with Crippen molar-refractivity contribution in [3.8, 4) is 0 Å². The molecule has 2 saturated heterocycles. The van der Waals surface area contributed by atoms with Gasteiger partial charge in [-0.3, -0.25) is 4.84 Å². The summed E-state index contributed by atoms with van der Waals surface area (Å²) < 4.78 is 5.77. The number of hydroxylamine groups is 2. The summed E-state index contributed by atoms with van der Waals surface area (Å²) in [5.74, 6) is 0.385. The van der Waals surface area contributed by atoms with Crippen molar-refractivity contribution in [2.45, 2.75) is 24.7 Å². The molecule has 2 aliphatic heterocycles. The van der Waals surface area contributed by atoms with Gasteiger partial charge in [0.15, 0.2) is 0 Å². The highest BCUT2D eigenvalue weighted by Gasteiger charge is 2.48. The largest absolute Gasteiger partial charge is 0.379 e. The minimum Gasteiger partial charge on any atom is -0.379 e. The molecule has 4 nitrogen and oxygen atoms in total. The number of fused-ring (bicyclic) bond motifs is 1. The van der Waals surface area contributed by atoms with Crippen molar-refractivity contribution in [1.29, 1.82) is 0 Å². The fourth-order valence-corrected chi connectivity index (χ4v) is 3.90. The Labute approximate surface area is 142 Å². The molecule has 2 aromatic rings. The second kappa shape index (κ2) is 6.30. The minimum atomic E-state index is -1.13. The van der Waals surface area contributed by atoms with Crippen LogP contribution in [-0.2, 0) is 15.2 Å². The Bertz CT molecular complexity index is 636. The molecule has 1 N–H and O–H groups in total. The molecule has 126 valence electrons. The highest BCUT2D eigenvalue weighted by molar-refractivity contribution is 5.36. The Morgan fingerprint density at radius 1 is 1.00 bits per heavy atom. The number of nitrogens with zero attached hydrogens (tertiary/aromatic N) is 1. The van der Waals surface area contributed by atoms with E-state index in [2.05, 4.69) is 6.92 Å². The van der Waals surface area contributed by atoms with Crippen LogP contribution in [0.25, 0.3) is 0 Å². The maximum atomic E-state index is 11.7. The third-order valence-corrected chi connectivity index (χ3v) is 5.21. The molecule has 0 aromatic heterocycles. The Morgan fingerprint density at radius 3 is 2.17 bits per heavy atom. The SMILES string of the molecule is C[C@@H]1OC[C@H]2CON(CC(O)(c3ccccc3)c3ccccc3)[C@H]21. The smallest absolute Gasteiger partial charge is 0.130 e. The predicted octanol–water partition coefficient (Wildman–Crippen LogP) is 2.57. The monoisotopic (exact) mass is 325 g/mol. The minimum absolute atomic E-state index is 0.119. The topological polar surface area (TPSA) is 41.9 Å². The number of ether oxygens (including phenoxy) is 1. The van der Waals surface area contributed by atoms with Crippen molar-refractivity contribution in [2.75, 3.05) is 19.8 Å². The molecular formula is C20H23NO3. The highest BCUT2D eigenvalue weighted by Crippen LogP contribution is 2.37. The first kappa shape index (κ1) is 15.8. The van der Waals surface area contributed by atoms with Crippen molar-refractivity contribution in [3.63, 3.8) is 0 Å².